The maximum Gasteiger partial charge on any atom is 0.210 e. The van der Waals surface area contributed by atoms with Crippen LogP contribution >= 0.6 is 0 Å². The van der Waals surface area contributed by atoms with Crippen molar-refractivity contribution in [3.05, 3.63) is 47.7 Å². The van der Waals surface area contributed by atoms with Crippen LogP contribution in [0, 0.1) is 6.92 Å². The van der Waals surface area contributed by atoms with E-state index in [0.717, 1.165) is 29.2 Å². The molecule has 0 saturated carbocycles. The molecule has 1 aliphatic rings. The Hall–Kier alpha value is -2.96. The van der Waals surface area contributed by atoms with E-state index in [1.807, 2.05) is 53.9 Å². The van der Waals surface area contributed by atoms with Crippen molar-refractivity contribution in [2.24, 2.45) is 5.16 Å². The summed E-state index contributed by atoms with van der Waals surface area (Å²) in [5.41, 5.74) is 2.83. The number of amidine groups is 1. The highest BCUT2D eigenvalue weighted by Gasteiger charge is 2.20. The van der Waals surface area contributed by atoms with Crippen LogP contribution in [0.1, 0.15) is 11.3 Å². The largest absolute Gasteiger partial charge is 0.495 e. The third-order valence-corrected chi connectivity index (χ3v) is 3.94. The lowest BCUT2D eigenvalue weighted by atomic mass is 10.1. The third-order valence-electron chi connectivity index (χ3n) is 3.94. The topological polar surface area (TPSA) is 61.1 Å². The molecule has 3 rings (SSSR count). The fourth-order valence-corrected chi connectivity index (χ4v) is 2.66. The molecular formula is C18H22N4O3. The van der Waals surface area contributed by atoms with Crippen molar-refractivity contribution in [3.8, 4) is 11.4 Å². The predicted molar refractivity (Wildman–Crippen MR) is 95.9 cm³/mol. The lowest BCUT2D eigenvalue weighted by Gasteiger charge is -2.27. The number of imidazole rings is 1. The zero-order chi connectivity index (χ0) is 17.8. The Kier molecular flexibility index (Phi) is 4.92. The van der Waals surface area contributed by atoms with Gasteiger partial charge in [-0.25, -0.2) is 4.98 Å². The Labute approximate surface area is 147 Å². The minimum absolute atomic E-state index is 0.606. The summed E-state index contributed by atoms with van der Waals surface area (Å²) in [5.74, 6) is 2.09. The molecule has 7 heteroatoms. The van der Waals surface area contributed by atoms with Gasteiger partial charge in [0, 0.05) is 13.2 Å². The number of aromatic nitrogens is 2. The van der Waals surface area contributed by atoms with Crippen molar-refractivity contribution < 1.29 is 14.3 Å². The molecule has 0 amide bonds. The van der Waals surface area contributed by atoms with Gasteiger partial charge in [-0.2, -0.15) is 0 Å². The summed E-state index contributed by atoms with van der Waals surface area (Å²) in [7, 11) is 5.14. The van der Waals surface area contributed by atoms with Crippen LogP contribution in [0.5, 0.6) is 5.75 Å². The fraction of sp³-hybridized carbons (Fsp3) is 0.333. The van der Waals surface area contributed by atoms with Crippen LogP contribution in [-0.2, 0) is 9.57 Å². The number of hydrogen-bond donors (Lipinski definition) is 0. The molecule has 0 atom stereocenters. The molecular weight excluding hydrogens is 320 g/mol. The van der Waals surface area contributed by atoms with E-state index in [9.17, 15) is 0 Å². The Bertz CT molecular complexity index is 810. The number of oxime groups is 1. The number of aryl methyl sites for hydroxylation is 1. The van der Waals surface area contributed by atoms with E-state index < -0.39 is 0 Å². The van der Waals surface area contributed by atoms with Gasteiger partial charge in [0.05, 0.1) is 31.4 Å². The molecule has 0 aliphatic carbocycles. The highest BCUT2D eigenvalue weighted by atomic mass is 16.6. The molecule has 2 aromatic rings. The Balaban J connectivity index is 1.96. The second-order valence-electron chi connectivity index (χ2n) is 5.73. The fourth-order valence-electron chi connectivity index (χ4n) is 2.66. The van der Waals surface area contributed by atoms with Crippen LogP contribution < -0.4 is 4.74 Å². The molecule has 25 heavy (non-hydrogen) atoms. The van der Waals surface area contributed by atoms with Crippen LogP contribution in [0.25, 0.3) is 11.8 Å². The normalized spacial score (nSPS) is 17.7. The first kappa shape index (κ1) is 16.9. The monoisotopic (exact) mass is 342 g/mol. The van der Waals surface area contributed by atoms with E-state index in [1.165, 1.54) is 7.11 Å². The van der Waals surface area contributed by atoms with E-state index >= 15 is 0 Å². The Morgan fingerprint density at radius 2 is 2.16 bits per heavy atom. The molecule has 0 spiro atoms. The van der Waals surface area contributed by atoms with Crippen LogP contribution in [0.3, 0.4) is 0 Å². The summed E-state index contributed by atoms with van der Waals surface area (Å²) in [6.07, 6.45) is 5.66. The number of rotatable bonds is 4. The summed E-state index contributed by atoms with van der Waals surface area (Å²) >= 11 is 0. The van der Waals surface area contributed by atoms with E-state index in [4.69, 9.17) is 14.3 Å². The summed E-state index contributed by atoms with van der Waals surface area (Å²) in [4.78, 5) is 11.2. The van der Waals surface area contributed by atoms with Crippen molar-refractivity contribution >= 4 is 11.9 Å². The standard InChI is InChI=1S/C18H22N4O3/c1-13-11-22(12-19-13)15-6-5-14(9-16(15)23-3)10-17-18(20-24-4)21(2)7-8-25-17/h5-6,9-12H,7-8H2,1-4H3/b17-10+,20-18-. The van der Waals surface area contributed by atoms with Crippen LogP contribution in [-0.4, -0.2) is 54.7 Å². The van der Waals surface area contributed by atoms with Crippen molar-refractivity contribution in [1.29, 1.82) is 0 Å². The average Bonchev–Trinajstić information content (AvgIpc) is 3.04. The van der Waals surface area contributed by atoms with Gasteiger partial charge in [0.2, 0.25) is 5.84 Å². The van der Waals surface area contributed by atoms with Gasteiger partial charge in [0.25, 0.3) is 0 Å². The van der Waals surface area contributed by atoms with Gasteiger partial charge in [-0.05, 0) is 30.7 Å². The number of benzene rings is 1. The lowest BCUT2D eigenvalue weighted by Crippen LogP contribution is -2.37. The van der Waals surface area contributed by atoms with E-state index in [1.54, 1.807) is 13.4 Å². The molecule has 0 bridgehead atoms. The van der Waals surface area contributed by atoms with Gasteiger partial charge in [-0.1, -0.05) is 11.2 Å². The number of hydrogen-bond acceptors (Lipinski definition) is 5. The molecule has 1 aromatic heterocycles. The minimum Gasteiger partial charge on any atom is -0.495 e. The highest BCUT2D eigenvalue weighted by molar-refractivity contribution is 6.00. The zero-order valence-electron chi connectivity index (χ0n) is 14.9. The summed E-state index contributed by atoms with van der Waals surface area (Å²) in [6, 6.07) is 5.95. The lowest BCUT2D eigenvalue weighted by molar-refractivity contribution is 0.161. The molecule has 0 radical (unpaired) electrons. The number of nitrogens with zero attached hydrogens (tertiary/aromatic N) is 4. The molecule has 1 aliphatic heterocycles. The molecule has 1 aromatic carbocycles. The Morgan fingerprint density at radius 1 is 1.32 bits per heavy atom. The van der Waals surface area contributed by atoms with E-state index in [2.05, 4.69) is 10.1 Å². The predicted octanol–water partition coefficient (Wildman–Crippen LogP) is 2.45. The van der Waals surface area contributed by atoms with Gasteiger partial charge >= 0.3 is 0 Å². The molecule has 1 fully saturated rings. The smallest absolute Gasteiger partial charge is 0.210 e. The second-order valence-corrected chi connectivity index (χ2v) is 5.73. The molecule has 7 nitrogen and oxygen atoms in total. The van der Waals surface area contributed by atoms with Crippen molar-refractivity contribution in [1.82, 2.24) is 14.5 Å². The molecule has 2 heterocycles. The van der Waals surface area contributed by atoms with Gasteiger partial charge in [-0.3, -0.25) is 0 Å². The summed E-state index contributed by atoms with van der Waals surface area (Å²) in [5, 5.41) is 4.06. The molecule has 0 unspecified atom stereocenters. The SMILES string of the molecule is CO/N=C1/C(=C\c2ccc(-n3cnc(C)c3)c(OC)c2)OCCN1C. The van der Waals surface area contributed by atoms with E-state index in [-0.39, 0.29) is 0 Å². The first-order chi connectivity index (χ1) is 12.1. The molecule has 132 valence electrons. The number of morpholine rings is 1. The van der Waals surface area contributed by atoms with Crippen LogP contribution in [0.15, 0.2) is 41.6 Å². The average molecular weight is 342 g/mol. The molecule has 1 saturated heterocycles. The number of likely N-dealkylation sites (N-methyl/N-ethyl adjacent to an activating group) is 1. The number of ether oxygens (including phenoxy) is 2. The quantitative estimate of drug-likeness (QED) is 0.799. The van der Waals surface area contributed by atoms with Crippen LogP contribution in [0.4, 0.5) is 0 Å². The van der Waals surface area contributed by atoms with Crippen molar-refractivity contribution in [2.45, 2.75) is 6.92 Å². The zero-order valence-corrected chi connectivity index (χ0v) is 14.9. The van der Waals surface area contributed by atoms with Gasteiger partial charge in [0.15, 0.2) is 5.76 Å². The second kappa shape index (κ2) is 7.29. The van der Waals surface area contributed by atoms with Gasteiger partial charge in [0.1, 0.15) is 19.5 Å². The minimum atomic E-state index is 0.606. The van der Waals surface area contributed by atoms with Gasteiger partial charge in [-0.15, -0.1) is 0 Å². The first-order valence-corrected chi connectivity index (χ1v) is 7.98. The maximum atomic E-state index is 5.76. The van der Waals surface area contributed by atoms with E-state index in [0.29, 0.717) is 18.2 Å². The first-order valence-electron chi connectivity index (χ1n) is 7.98. The van der Waals surface area contributed by atoms with Crippen molar-refractivity contribution in [2.75, 3.05) is 34.4 Å². The Morgan fingerprint density at radius 3 is 2.84 bits per heavy atom. The summed E-state index contributed by atoms with van der Waals surface area (Å²) in [6.45, 7) is 3.33. The van der Waals surface area contributed by atoms with Crippen molar-refractivity contribution in [3.63, 3.8) is 0 Å². The third kappa shape index (κ3) is 3.60. The maximum absolute atomic E-state index is 5.76. The highest BCUT2D eigenvalue weighted by Crippen LogP contribution is 2.26. The molecule has 0 N–H and O–H groups in total. The number of methoxy groups -OCH3 is 1. The van der Waals surface area contributed by atoms with Crippen LogP contribution in [0.2, 0.25) is 0 Å². The summed E-state index contributed by atoms with van der Waals surface area (Å²) < 4.78 is 13.3. The van der Waals surface area contributed by atoms with Gasteiger partial charge < -0.3 is 23.8 Å².